The second-order valence-electron chi connectivity index (χ2n) is 4.40. The van der Waals surface area contributed by atoms with Crippen LogP contribution in [0.5, 0.6) is 11.6 Å². The lowest BCUT2D eigenvalue weighted by atomic mass is 10.1. The molecular formula is C15H9Br3N2O. The Morgan fingerprint density at radius 3 is 2.57 bits per heavy atom. The normalized spacial score (nSPS) is 10.8. The van der Waals surface area contributed by atoms with Crippen molar-refractivity contribution in [1.82, 2.24) is 4.98 Å². The molecule has 3 aromatic rings. The molecule has 0 saturated heterocycles. The molecule has 106 valence electrons. The van der Waals surface area contributed by atoms with Crippen LogP contribution in [-0.4, -0.2) is 4.98 Å². The molecule has 3 rings (SSSR count). The average Bonchev–Trinajstić information content (AvgIpc) is 2.44. The molecule has 0 unspecified atom stereocenters. The summed E-state index contributed by atoms with van der Waals surface area (Å²) in [5.41, 5.74) is 6.26. The van der Waals surface area contributed by atoms with Crippen molar-refractivity contribution in [2.24, 2.45) is 0 Å². The standard InChI is InChI=1S/C15H9Br3N2O/c16-9-2-3-11-8(5-9)1-4-13(14(11)18)21-15-12(17)6-10(19)7-20-15/h1-7H,19H2. The minimum Gasteiger partial charge on any atom is -0.437 e. The van der Waals surface area contributed by atoms with Crippen LogP contribution in [0.4, 0.5) is 5.69 Å². The van der Waals surface area contributed by atoms with Gasteiger partial charge in [0.1, 0.15) is 5.75 Å². The third-order valence-electron chi connectivity index (χ3n) is 2.92. The van der Waals surface area contributed by atoms with E-state index in [0.717, 1.165) is 19.7 Å². The van der Waals surface area contributed by atoms with Gasteiger partial charge in [-0.05, 0) is 66.9 Å². The maximum absolute atomic E-state index is 5.86. The van der Waals surface area contributed by atoms with Crippen LogP contribution in [0, 0.1) is 0 Å². The van der Waals surface area contributed by atoms with E-state index in [1.165, 1.54) is 0 Å². The molecule has 0 aliphatic carbocycles. The Hall–Kier alpha value is -1.11. The summed E-state index contributed by atoms with van der Waals surface area (Å²) >= 11 is 10.5. The number of nitrogens with zero attached hydrogens (tertiary/aromatic N) is 1. The largest absolute Gasteiger partial charge is 0.437 e. The van der Waals surface area contributed by atoms with Gasteiger partial charge in [0.05, 0.1) is 20.8 Å². The zero-order chi connectivity index (χ0) is 15.0. The summed E-state index contributed by atoms with van der Waals surface area (Å²) in [5.74, 6) is 1.17. The molecule has 0 fully saturated rings. The maximum atomic E-state index is 5.86. The molecule has 1 aromatic heterocycles. The summed E-state index contributed by atoms with van der Waals surface area (Å²) < 4.78 is 8.50. The van der Waals surface area contributed by atoms with E-state index >= 15 is 0 Å². The Bertz CT molecular complexity index is 837. The van der Waals surface area contributed by atoms with E-state index in [2.05, 4.69) is 58.8 Å². The number of fused-ring (bicyclic) bond motifs is 1. The highest BCUT2D eigenvalue weighted by atomic mass is 79.9. The molecule has 0 saturated carbocycles. The number of nitrogens with two attached hydrogens (primary N) is 1. The molecule has 2 aromatic carbocycles. The number of hydrogen-bond acceptors (Lipinski definition) is 3. The first-order valence-electron chi connectivity index (χ1n) is 6.01. The Morgan fingerprint density at radius 1 is 1.00 bits per heavy atom. The quantitative estimate of drug-likeness (QED) is 0.505. The van der Waals surface area contributed by atoms with Gasteiger partial charge in [-0.25, -0.2) is 4.98 Å². The monoisotopic (exact) mass is 470 g/mol. The molecule has 0 spiro atoms. The fourth-order valence-electron chi connectivity index (χ4n) is 1.94. The first kappa shape index (κ1) is 14.8. The number of aromatic nitrogens is 1. The number of benzene rings is 2. The fraction of sp³-hybridized carbons (Fsp3) is 0. The van der Waals surface area contributed by atoms with E-state index in [1.807, 2.05) is 24.3 Å². The lowest BCUT2D eigenvalue weighted by Gasteiger charge is -2.11. The third kappa shape index (κ3) is 3.07. The summed E-state index contributed by atoms with van der Waals surface area (Å²) in [6.45, 7) is 0. The van der Waals surface area contributed by atoms with Gasteiger partial charge in [-0.15, -0.1) is 0 Å². The van der Waals surface area contributed by atoms with E-state index < -0.39 is 0 Å². The summed E-state index contributed by atoms with van der Waals surface area (Å²) in [5, 5.41) is 2.19. The number of ether oxygens (including phenoxy) is 1. The van der Waals surface area contributed by atoms with Gasteiger partial charge in [-0.3, -0.25) is 0 Å². The SMILES string of the molecule is Nc1cnc(Oc2ccc3cc(Br)ccc3c2Br)c(Br)c1. The maximum Gasteiger partial charge on any atom is 0.233 e. The van der Waals surface area contributed by atoms with Crippen LogP contribution in [0.25, 0.3) is 10.8 Å². The second-order valence-corrected chi connectivity index (χ2v) is 6.96. The molecule has 0 aliphatic rings. The lowest BCUT2D eigenvalue weighted by molar-refractivity contribution is 0.458. The van der Waals surface area contributed by atoms with Gasteiger partial charge >= 0.3 is 0 Å². The highest BCUT2D eigenvalue weighted by Gasteiger charge is 2.10. The summed E-state index contributed by atoms with van der Waals surface area (Å²) in [6.07, 6.45) is 1.56. The number of rotatable bonds is 2. The Balaban J connectivity index is 2.05. The highest BCUT2D eigenvalue weighted by molar-refractivity contribution is 9.11. The number of nitrogen functional groups attached to an aromatic ring is 1. The van der Waals surface area contributed by atoms with Crippen LogP contribution in [0.15, 0.2) is 56.0 Å². The number of hydrogen-bond donors (Lipinski definition) is 1. The third-order valence-corrected chi connectivity index (χ3v) is 4.80. The fourth-order valence-corrected chi connectivity index (χ4v) is 3.34. The van der Waals surface area contributed by atoms with E-state index in [0.29, 0.717) is 21.8 Å². The molecule has 0 aliphatic heterocycles. The highest BCUT2D eigenvalue weighted by Crippen LogP contribution is 2.38. The predicted molar refractivity (Wildman–Crippen MR) is 95.8 cm³/mol. The minimum atomic E-state index is 0.473. The van der Waals surface area contributed by atoms with Crippen LogP contribution >= 0.6 is 47.8 Å². The van der Waals surface area contributed by atoms with Gasteiger partial charge in [-0.1, -0.05) is 28.1 Å². The van der Waals surface area contributed by atoms with Crippen molar-refractivity contribution in [2.75, 3.05) is 5.73 Å². The van der Waals surface area contributed by atoms with Gasteiger partial charge in [0.15, 0.2) is 0 Å². The number of pyridine rings is 1. The topological polar surface area (TPSA) is 48.1 Å². The summed E-state index contributed by atoms with van der Waals surface area (Å²) in [4.78, 5) is 4.19. The minimum absolute atomic E-state index is 0.473. The lowest BCUT2D eigenvalue weighted by Crippen LogP contribution is -1.93. The molecule has 2 N–H and O–H groups in total. The van der Waals surface area contributed by atoms with Crippen molar-refractivity contribution in [1.29, 1.82) is 0 Å². The van der Waals surface area contributed by atoms with Crippen LogP contribution in [0.3, 0.4) is 0 Å². The van der Waals surface area contributed by atoms with E-state index in [1.54, 1.807) is 12.3 Å². The van der Waals surface area contributed by atoms with Crippen molar-refractivity contribution in [2.45, 2.75) is 0 Å². The van der Waals surface area contributed by atoms with Crippen LogP contribution < -0.4 is 10.5 Å². The number of halogens is 3. The average molecular weight is 473 g/mol. The van der Waals surface area contributed by atoms with Crippen LogP contribution in [0.1, 0.15) is 0 Å². The molecule has 0 radical (unpaired) electrons. The van der Waals surface area contributed by atoms with Gasteiger partial charge in [0.25, 0.3) is 0 Å². The van der Waals surface area contributed by atoms with Crippen molar-refractivity contribution in [3.8, 4) is 11.6 Å². The van der Waals surface area contributed by atoms with Crippen molar-refractivity contribution in [3.05, 3.63) is 56.0 Å². The van der Waals surface area contributed by atoms with E-state index in [4.69, 9.17) is 10.5 Å². The molecule has 0 atom stereocenters. The molecule has 1 heterocycles. The first-order valence-corrected chi connectivity index (χ1v) is 8.39. The summed E-state index contributed by atoms with van der Waals surface area (Å²) in [6, 6.07) is 11.8. The Kier molecular flexibility index (Phi) is 4.19. The molecule has 0 amide bonds. The molecule has 0 bridgehead atoms. The Morgan fingerprint density at radius 2 is 1.81 bits per heavy atom. The van der Waals surface area contributed by atoms with Crippen LogP contribution in [0.2, 0.25) is 0 Å². The first-order chi connectivity index (χ1) is 10.0. The van der Waals surface area contributed by atoms with E-state index in [-0.39, 0.29) is 0 Å². The Labute approximate surface area is 146 Å². The smallest absolute Gasteiger partial charge is 0.233 e. The second kappa shape index (κ2) is 5.94. The summed E-state index contributed by atoms with van der Waals surface area (Å²) in [7, 11) is 0. The zero-order valence-electron chi connectivity index (χ0n) is 10.6. The van der Waals surface area contributed by atoms with Crippen LogP contribution in [-0.2, 0) is 0 Å². The van der Waals surface area contributed by atoms with Crippen molar-refractivity contribution in [3.63, 3.8) is 0 Å². The molecule has 6 heteroatoms. The van der Waals surface area contributed by atoms with Gasteiger partial charge in [0.2, 0.25) is 5.88 Å². The van der Waals surface area contributed by atoms with Gasteiger partial charge in [0, 0.05) is 4.47 Å². The molecule has 3 nitrogen and oxygen atoms in total. The number of anilines is 1. The van der Waals surface area contributed by atoms with E-state index in [9.17, 15) is 0 Å². The predicted octanol–water partition coefficient (Wildman–Crippen LogP) is 5.90. The molecule has 21 heavy (non-hydrogen) atoms. The zero-order valence-corrected chi connectivity index (χ0v) is 15.4. The molecular weight excluding hydrogens is 464 g/mol. The van der Waals surface area contributed by atoms with Gasteiger partial charge < -0.3 is 10.5 Å². The van der Waals surface area contributed by atoms with Gasteiger partial charge in [-0.2, -0.15) is 0 Å². The van der Waals surface area contributed by atoms with Crippen molar-refractivity contribution < 1.29 is 4.74 Å². The van der Waals surface area contributed by atoms with Crippen molar-refractivity contribution >= 4 is 64.2 Å².